The molecule has 0 bridgehead atoms. The van der Waals surface area contributed by atoms with Crippen molar-refractivity contribution >= 4 is 0 Å². The monoisotopic (exact) mass is 241 g/mol. The average molecular weight is 241 g/mol. The standard InChI is InChI=1S/C12H13F2NO2/c13-12(14)16-10-6-3-4-8(11(10)17-12)9-5-1-2-7-15-9/h3-4,6,9,15H,1-2,5,7H2/t9-/m0/s1. The third-order valence-electron chi connectivity index (χ3n) is 3.14. The molecule has 3 nitrogen and oxygen atoms in total. The smallest absolute Gasteiger partial charge is 0.395 e. The van der Waals surface area contributed by atoms with Gasteiger partial charge in [-0.3, -0.25) is 0 Å². The van der Waals surface area contributed by atoms with Gasteiger partial charge in [-0.15, -0.1) is 8.78 Å². The van der Waals surface area contributed by atoms with Crippen molar-refractivity contribution in [3.63, 3.8) is 0 Å². The summed E-state index contributed by atoms with van der Waals surface area (Å²) in [6, 6.07) is 5.11. The molecule has 0 saturated carbocycles. The van der Waals surface area contributed by atoms with Gasteiger partial charge in [0.2, 0.25) is 0 Å². The Balaban J connectivity index is 1.94. The van der Waals surface area contributed by atoms with E-state index in [-0.39, 0.29) is 17.5 Å². The number of rotatable bonds is 1. The predicted octanol–water partition coefficient (Wildman–Crippen LogP) is 2.82. The Morgan fingerprint density at radius 2 is 2.12 bits per heavy atom. The Morgan fingerprint density at radius 3 is 2.88 bits per heavy atom. The molecule has 2 aliphatic rings. The second-order valence-electron chi connectivity index (χ2n) is 4.34. The molecule has 2 aliphatic heterocycles. The number of ether oxygens (including phenoxy) is 2. The zero-order chi connectivity index (χ0) is 11.9. The SMILES string of the molecule is FC1(F)Oc2cccc([C@@H]3CCCCN3)c2O1. The van der Waals surface area contributed by atoms with E-state index in [4.69, 9.17) is 0 Å². The van der Waals surface area contributed by atoms with Crippen LogP contribution in [0.3, 0.4) is 0 Å². The van der Waals surface area contributed by atoms with Crippen molar-refractivity contribution < 1.29 is 18.3 Å². The van der Waals surface area contributed by atoms with Crippen LogP contribution in [0.2, 0.25) is 0 Å². The molecule has 0 unspecified atom stereocenters. The third kappa shape index (κ3) is 1.95. The molecule has 17 heavy (non-hydrogen) atoms. The molecule has 0 radical (unpaired) electrons. The topological polar surface area (TPSA) is 30.5 Å². The van der Waals surface area contributed by atoms with E-state index in [1.807, 2.05) is 6.07 Å². The first-order chi connectivity index (χ1) is 8.16. The summed E-state index contributed by atoms with van der Waals surface area (Å²) in [6.07, 6.45) is -0.379. The lowest BCUT2D eigenvalue weighted by molar-refractivity contribution is -0.287. The summed E-state index contributed by atoms with van der Waals surface area (Å²) in [5, 5.41) is 3.31. The lowest BCUT2D eigenvalue weighted by Crippen LogP contribution is -2.28. The van der Waals surface area contributed by atoms with E-state index in [9.17, 15) is 8.78 Å². The first-order valence-corrected chi connectivity index (χ1v) is 5.78. The second-order valence-corrected chi connectivity index (χ2v) is 4.34. The number of halogens is 2. The van der Waals surface area contributed by atoms with Gasteiger partial charge < -0.3 is 14.8 Å². The summed E-state index contributed by atoms with van der Waals surface area (Å²) in [6.45, 7) is 0.908. The molecule has 1 aromatic rings. The largest absolute Gasteiger partial charge is 0.586 e. The zero-order valence-electron chi connectivity index (χ0n) is 9.21. The van der Waals surface area contributed by atoms with E-state index >= 15 is 0 Å². The molecule has 1 saturated heterocycles. The molecule has 3 rings (SSSR count). The van der Waals surface area contributed by atoms with Crippen LogP contribution < -0.4 is 14.8 Å². The highest BCUT2D eigenvalue weighted by Crippen LogP contribution is 2.46. The molecule has 1 aromatic carbocycles. The second kappa shape index (κ2) is 3.84. The minimum absolute atomic E-state index is 0.0798. The van der Waals surface area contributed by atoms with Crippen molar-refractivity contribution in [3.05, 3.63) is 23.8 Å². The number of hydrogen-bond donors (Lipinski definition) is 1. The van der Waals surface area contributed by atoms with E-state index in [2.05, 4.69) is 14.8 Å². The molecule has 0 aliphatic carbocycles. The number of benzene rings is 1. The molecular weight excluding hydrogens is 228 g/mol. The lowest BCUT2D eigenvalue weighted by atomic mass is 9.96. The van der Waals surface area contributed by atoms with E-state index in [1.165, 1.54) is 6.07 Å². The van der Waals surface area contributed by atoms with Gasteiger partial charge >= 0.3 is 6.29 Å². The van der Waals surface area contributed by atoms with E-state index in [0.717, 1.165) is 31.4 Å². The van der Waals surface area contributed by atoms with Gasteiger partial charge in [-0.2, -0.15) is 0 Å². The summed E-state index contributed by atoms with van der Waals surface area (Å²) in [7, 11) is 0. The van der Waals surface area contributed by atoms with Crippen LogP contribution >= 0.6 is 0 Å². The van der Waals surface area contributed by atoms with Crippen LogP contribution in [0.1, 0.15) is 30.9 Å². The first-order valence-electron chi connectivity index (χ1n) is 5.78. The Bertz CT molecular complexity index is 431. The van der Waals surface area contributed by atoms with E-state index in [1.54, 1.807) is 6.07 Å². The van der Waals surface area contributed by atoms with Crippen molar-refractivity contribution in [1.82, 2.24) is 5.32 Å². The summed E-state index contributed by atoms with van der Waals surface area (Å²) in [4.78, 5) is 0. The van der Waals surface area contributed by atoms with Gasteiger partial charge in [0.1, 0.15) is 0 Å². The maximum Gasteiger partial charge on any atom is 0.586 e. The van der Waals surface area contributed by atoms with Gasteiger partial charge in [-0.05, 0) is 25.5 Å². The zero-order valence-corrected chi connectivity index (χ0v) is 9.21. The molecule has 1 fully saturated rings. The van der Waals surface area contributed by atoms with Crippen molar-refractivity contribution in [2.45, 2.75) is 31.6 Å². The molecule has 92 valence electrons. The van der Waals surface area contributed by atoms with Crippen molar-refractivity contribution in [3.8, 4) is 11.5 Å². The molecule has 2 heterocycles. The predicted molar refractivity (Wildman–Crippen MR) is 57.2 cm³/mol. The van der Waals surface area contributed by atoms with Crippen molar-refractivity contribution in [1.29, 1.82) is 0 Å². The number of fused-ring (bicyclic) bond motifs is 1. The average Bonchev–Trinajstić information content (AvgIpc) is 2.63. The van der Waals surface area contributed by atoms with Crippen LogP contribution in [0.15, 0.2) is 18.2 Å². The lowest BCUT2D eigenvalue weighted by Gasteiger charge is -2.24. The fourth-order valence-electron chi connectivity index (χ4n) is 2.38. The van der Waals surface area contributed by atoms with E-state index in [0.29, 0.717) is 0 Å². The van der Waals surface area contributed by atoms with Crippen LogP contribution in [-0.4, -0.2) is 12.8 Å². The fraction of sp³-hybridized carbons (Fsp3) is 0.500. The Labute approximate surface area is 97.7 Å². The number of alkyl halides is 2. The van der Waals surface area contributed by atoms with Crippen LogP contribution in [0.4, 0.5) is 8.78 Å². The van der Waals surface area contributed by atoms with Gasteiger partial charge in [0, 0.05) is 11.6 Å². The van der Waals surface area contributed by atoms with Crippen LogP contribution in [0, 0.1) is 0 Å². The van der Waals surface area contributed by atoms with Gasteiger partial charge in [0.25, 0.3) is 0 Å². The number of nitrogens with one attached hydrogen (secondary N) is 1. The number of para-hydroxylation sites is 1. The van der Waals surface area contributed by atoms with Gasteiger partial charge in [-0.25, -0.2) is 0 Å². The fourth-order valence-corrected chi connectivity index (χ4v) is 2.38. The Morgan fingerprint density at radius 1 is 1.24 bits per heavy atom. The molecule has 0 aromatic heterocycles. The first kappa shape index (κ1) is 10.8. The highest BCUT2D eigenvalue weighted by atomic mass is 19.3. The minimum atomic E-state index is -3.53. The Hall–Kier alpha value is -1.36. The summed E-state index contributed by atoms with van der Waals surface area (Å²) in [5.41, 5.74) is 0.763. The maximum atomic E-state index is 13.0. The highest BCUT2D eigenvalue weighted by Gasteiger charge is 2.45. The number of piperidine rings is 1. The van der Waals surface area contributed by atoms with Crippen LogP contribution in [0.25, 0.3) is 0 Å². The summed E-state index contributed by atoms with van der Waals surface area (Å²) >= 11 is 0. The Kier molecular flexibility index (Phi) is 2.43. The minimum Gasteiger partial charge on any atom is -0.395 e. The van der Waals surface area contributed by atoms with Gasteiger partial charge in [0.05, 0.1) is 0 Å². The summed E-state index contributed by atoms with van der Waals surface area (Å²) < 4.78 is 35.1. The normalized spacial score (nSPS) is 25.9. The van der Waals surface area contributed by atoms with Gasteiger partial charge in [-0.1, -0.05) is 18.6 Å². The third-order valence-corrected chi connectivity index (χ3v) is 3.14. The quantitative estimate of drug-likeness (QED) is 0.820. The van der Waals surface area contributed by atoms with Crippen LogP contribution in [-0.2, 0) is 0 Å². The van der Waals surface area contributed by atoms with E-state index < -0.39 is 6.29 Å². The molecule has 5 heteroatoms. The van der Waals surface area contributed by atoms with Crippen molar-refractivity contribution in [2.75, 3.05) is 6.54 Å². The molecule has 0 amide bonds. The summed E-state index contributed by atoms with van der Waals surface area (Å²) in [5.74, 6) is 0.303. The maximum absolute atomic E-state index is 13.0. The van der Waals surface area contributed by atoms with Crippen molar-refractivity contribution in [2.24, 2.45) is 0 Å². The van der Waals surface area contributed by atoms with Crippen LogP contribution in [0.5, 0.6) is 11.5 Å². The molecule has 0 spiro atoms. The number of hydrogen-bond acceptors (Lipinski definition) is 3. The highest BCUT2D eigenvalue weighted by molar-refractivity contribution is 5.50. The molecular formula is C12H13F2NO2. The van der Waals surface area contributed by atoms with Gasteiger partial charge in [0.15, 0.2) is 11.5 Å². The molecule has 1 N–H and O–H groups in total. The molecule has 1 atom stereocenters.